The molecule has 2 atom stereocenters. The summed E-state index contributed by atoms with van der Waals surface area (Å²) in [5.74, 6) is -1.02. The van der Waals surface area contributed by atoms with Crippen LogP contribution in [0.15, 0.2) is 71.3 Å². The number of alkyl halides is 3. The molecule has 11 heteroatoms. The van der Waals surface area contributed by atoms with Gasteiger partial charge in [-0.1, -0.05) is 42.5 Å². The van der Waals surface area contributed by atoms with E-state index in [2.05, 4.69) is 9.38 Å². The summed E-state index contributed by atoms with van der Waals surface area (Å²) < 4.78 is 89.3. The Balaban J connectivity index is 1.52. The summed E-state index contributed by atoms with van der Waals surface area (Å²) in [6.45, 7) is 3.08. The van der Waals surface area contributed by atoms with Gasteiger partial charge in [-0.05, 0) is 61.9 Å². The van der Waals surface area contributed by atoms with Gasteiger partial charge in [0.2, 0.25) is 5.90 Å². The molecule has 1 aliphatic heterocycles. The Morgan fingerprint density at radius 1 is 1.05 bits per heavy atom. The van der Waals surface area contributed by atoms with Crippen molar-refractivity contribution in [2.45, 2.75) is 56.1 Å². The maximum absolute atomic E-state index is 14.4. The number of aliphatic hydroxyl groups excluding tert-OH is 1. The van der Waals surface area contributed by atoms with Crippen molar-refractivity contribution in [3.63, 3.8) is 0 Å². The number of ether oxygens (including phenoxy) is 1. The van der Waals surface area contributed by atoms with Gasteiger partial charge in [0.25, 0.3) is 10.0 Å². The van der Waals surface area contributed by atoms with Gasteiger partial charge in [-0.3, -0.25) is 4.98 Å². The van der Waals surface area contributed by atoms with E-state index in [-0.39, 0.29) is 31.8 Å². The summed E-state index contributed by atoms with van der Waals surface area (Å²) >= 11 is 0. The van der Waals surface area contributed by atoms with E-state index in [1.165, 1.54) is 12.1 Å². The zero-order chi connectivity index (χ0) is 28.4. The molecule has 0 radical (unpaired) electrons. The van der Waals surface area contributed by atoms with Gasteiger partial charge >= 0.3 is 6.18 Å². The van der Waals surface area contributed by atoms with Crippen LogP contribution in [0, 0.1) is 5.82 Å². The molecule has 1 unspecified atom stereocenters. The number of benzene rings is 2. The van der Waals surface area contributed by atoms with Crippen LogP contribution < -0.4 is 0 Å². The number of hydrogen-bond donors (Lipinski definition) is 1. The fourth-order valence-electron chi connectivity index (χ4n) is 4.68. The molecule has 0 bridgehead atoms. The number of aliphatic hydroxyl groups is 1. The van der Waals surface area contributed by atoms with Gasteiger partial charge in [0, 0.05) is 24.8 Å². The molecule has 0 saturated heterocycles. The highest BCUT2D eigenvalue weighted by Gasteiger charge is 2.46. The highest BCUT2D eigenvalue weighted by atomic mass is 32.2. The third-order valence-corrected chi connectivity index (χ3v) is 8.66. The SMILES string of the molecule is CC1(C)OC(C[C@@H](CCO)c2ccccc2F)=NS(=O)(=O)C1Cc1ccc(-c2ccc(C(F)(F)F)cn2)cc1. The average molecular weight is 565 g/mol. The predicted octanol–water partition coefficient (Wildman–Crippen LogP) is 5.91. The molecule has 39 heavy (non-hydrogen) atoms. The number of rotatable bonds is 8. The maximum Gasteiger partial charge on any atom is 0.417 e. The van der Waals surface area contributed by atoms with Gasteiger partial charge in [0.05, 0.1) is 11.3 Å². The Morgan fingerprint density at radius 3 is 2.31 bits per heavy atom. The van der Waals surface area contributed by atoms with Crippen molar-refractivity contribution >= 4 is 15.9 Å². The van der Waals surface area contributed by atoms with E-state index in [9.17, 15) is 31.1 Å². The second kappa shape index (κ2) is 11.1. The molecular weight excluding hydrogens is 536 g/mol. The van der Waals surface area contributed by atoms with Crippen molar-refractivity contribution in [2.24, 2.45) is 4.40 Å². The molecule has 6 nitrogen and oxygen atoms in total. The molecule has 0 amide bonds. The summed E-state index contributed by atoms with van der Waals surface area (Å²) in [6, 6.07) is 15.1. The molecule has 2 heterocycles. The summed E-state index contributed by atoms with van der Waals surface area (Å²) in [4.78, 5) is 3.89. The van der Waals surface area contributed by atoms with E-state index in [0.717, 1.165) is 12.3 Å². The number of hydrogen-bond acceptors (Lipinski definition) is 5. The normalized spacial score (nSPS) is 19.2. The van der Waals surface area contributed by atoms with Crippen LogP contribution in [0.2, 0.25) is 0 Å². The molecular formula is C28H28F4N2O4S. The van der Waals surface area contributed by atoms with Crippen molar-refractivity contribution in [2.75, 3.05) is 6.61 Å². The van der Waals surface area contributed by atoms with E-state index in [1.807, 2.05) is 0 Å². The average Bonchev–Trinajstić information content (AvgIpc) is 2.86. The quantitative estimate of drug-likeness (QED) is 0.344. The Labute approximate surface area is 224 Å². The van der Waals surface area contributed by atoms with Crippen LogP contribution in [-0.4, -0.2) is 41.9 Å². The first kappa shape index (κ1) is 28.7. The van der Waals surface area contributed by atoms with Crippen LogP contribution in [0.3, 0.4) is 0 Å². The molecule has 1 N–H and O–H groups in total. The molecule has 0 fully saturated rings. The molecule has 4 rings (SSSR count). The lowest BCUT2D eigenvalue weighted by atomic mass is 9.91. The highest BCUT2D eigenvalue weighted by molar-refractivity contribution is 7.91. The lowest BCUT2D eigenvalue weighted by Crippen LogP contribution is -2.50. The number of pyridine rings is 1. The van der Waals surface area contributed by atoms with Crippen molar-refractivity contribution in [1.29, 1.82) is 0 Å². The molecule has 2 aromatic carbocycles. The molecule has 208 valence electrons. The largest absolute Gasteiger partial charge is 0.473 e. The van der Waals surface area contributed by atoms with Gasteiger partial charge in [-0.15, -0.1) is 4.40 Å². The van der Waals surface area contributed by atoms with E-state index in [0.29, 0.717) is 22.4 Å². The Morgan fingerprint density at radius 2 is 1.74 bits per heavy atom. The molecule has 0 aliphatic carbocycles. The van der Waals surface area contributed by atoms with E-state index < -0.39 is 44.3 Å². The predicted molar refractivity (Wildman–Crippen MR) is 139 cm³/mol. The maximum atomic E-state index is 14.4. The lowest BCUT2D eigenvalue weighted by Gasteiger charge is -2.38. The number of sulfonamides is 1. The zero-order valence-electron chi connectivity index (χ0n) is 21.3. The first-order valence-electron chi connectivity index (χ1n) is 12.3. The molecule has 1 aliphatic rings. The van der Waals surface area contributed by atoms with Crippen LogP contribution in [-0.2, 0) is 27.4 Å². The van der Waals surface area contributed by atoms with Gasteiger partial charge in [0.15, 0.2) is 0 Å². The summed E-state index contributed by atoms with van der Waals surface area (Å²) in [5.41, 5.74) is -0.0633. The van der Waals surface area contributed by atoms with Crippen LogP contribution in [0.1, 0.15) is 49.3 Å². The third-order valence-electron chi connectivity index (χ3n) is 6.75. The monoisotopic (exact) mass is 564 g/mol. The highest BCUT2D eigenvalue weighted by Crippen LogP contribution is 2.35. The first-order chi connectivity index (χ1) is 18.3. The minimum Gasteiger partial charge on any atom is -0.473 e. The molecule has 0 saturated carbocycles. The van der Waals surface area contributed by atoms with Gasteiger partial charge in [0.1, 0.15) is 16.7 Å². The Kier molecular flexibility index (Phi) is 8.13. The van der Waals surface area contributed by atoms with E-state index in [4.69, 9.17) is 4.74 Å². The van der Waals surface area contributed by atoms with Gasteiger partial charge in [-0.2, -0.15) is 13.2 Å². The van der Waals surface area contributed by atoms with Crippen molar-refractivity contribution in [1.82, 2.24) is 4.98 Å². The Bertz CT molecular complexity index is 1440. The van der Waals surface area contributed by atoms with E-state index in [1.54, 1.807) is 56.3 Å². The minimum absolute atomic E-state index is 0.00565. The van der Waals surface area contributed by atoms with Crippen LogP contribution >= 0.6 is 0 Å². The van der Waals surface area contributed by atoms with Gasteiger partial charge in [-0.25, -0.2) is 12.8 Å². The smallest absolute Gasteiger partial charge is 0.417 e. The van der Waals surface area contributed by atoms with Crippen molar-refractivity contribution < 1.29 is 35.8 Å². The van der Waals surface area contributed by atoms with Crippen molar-refractivity contribution in [3.05, 3.63) is 89.4 Å². The minimum atomic E-state index is -4.48. The lowest BCUT2D eigenvalue weighted by molar-refractivity contribution is -0.137. The van der Waals surface area contributed by atoms with Crippen LogP contribution in [0.5, 0.6) is 0 Å². The number of halogens is 4. The second-order valence-electron chi connectivity index (χ2n) is 9.96. The standard InChI is InChI=1S/C28H28F4N2O4S/c1-27(2)25(15-18-7-9-19(10-8-18)24-12-11-21(17-33-24)28(30,31)32)39(36,37)34-26(38-27)16-20(13-14-35)22-5-3-4-6-23(22)29/h3-12,17,20,25,35H,13-16H2,1-2H3/t20-,25?/m1/s1. The topological polar surface area (TPSA) is 88.9 Å². The summed E-state index contributed by atoms with van der Waals surface area (Å²) in [7, 11) is -4.02. The van der Waals surface area contributed by atoms with E-state index >= 15 is 0 Å². The van der Waals surface area contributed by atoms with Crippen molar-refractivity contribution in [3.8, 4) is 11.3 Å². The summed E-state index contributed by atoms with van der Waals surface area (Å²) in [6.07, 6.45) is -3.42. The Hall–Kier alpha value is -3.31. The zero-order valence-corrected chi connectivity index (χ0v) is 22.1. The molecule has 0 spiro atoms. The second-order valence-corrected chi connectivity index (χ2v) is 11.7. The third kappa shape index (κ3) is 6.65. The van der Waals surface area contributed by atoms with Gasteiger partial charge < -0.3 is 9.84 Å². The van der Waals surface area contributed by atoms with Crippen LogP contribution in [0.4, 0.5) is 17.6 Å². The fraction of sp³-hybridized carbons (Fsp3) is 0.357. The number of aromatic nitrogens is 1. The fourth-order valence-corrected chi connectivity index (χ4v) is 6.37. The first-order valence-corrected chi connectivity index (χ1v) is 13.8. The number of nitrogens with zero attached hydrogens (tertiary/aromatic N) is 2. The summed E-state index contributed by atoms with van der Waals surface area (Å²) in [5, 5.41) is 8.48. The molecule has 3 aromatic rings. The molecule has 1 aromatic heterocycles. The van der Waals surface area contributed by atoms with Crippen LogP contribution in [0.25, 0.3) is 11.3 Å².